The van der Waals surface area contributed by atoms with Crippen LogP contribution in [0.3, 0.4) is 0 Å². The Kier molecular flexibility index (Phi) is 8.03. The number of ether oxygens (including phenoxy) is 1. The van der Waals surface area contributed by atoms with Gasteiger partial charge in [0.2, 0.25) is 0 Å². The minimum atomic E-state index is -3.63. The van der Waals surface area contributed by atoms with Crippen LogP contribution in [-0.2, 0) is 11.2 Å². The Morgan fingerprint density at radius 2 is 2.03 bits per heavy atom. The molecule has 1 amide bonds. The number of allylic oxidation sites excluding steroid dienone is 2. The predicted octanol–water partition coefficient (Wildman–Crippen LogP) is 7.26. The number of benzene rings is 1. The minimum absolute atomic E-state index is 0.348. The van der Waals surface area contributed by atoms with Crippen molar-refractivity contribution in [3.63, 3.8) is 0 Å². The lowest BCUT2D eigenvalue weighted by molar-refractivity contribution is -0.128. The quantitative estimate of drug-likeness (QED) is 0.234. The number of rotatable bonds is 9. The van der Waals surface area contributed by atoms with Crippen LogP contribution in [0.15, 0.2) is 29.9 Å². The molecule has 0 saturated heterocycles. The average molecular weight is 470 g/mol. The summed E-state index contributed by atoms with van der Waals surface area (Å²) < 4.78 is 33.0. The van der Waals surface area contributed by atoms with Gasteiger partial charge in [-0.3, -0.25) is 4.79 Å². The number of amides is 1. The van der Waals surface area contributed by atoms with Crippen LogP contribution in [0, 0.1) is 0 Å². The normalized spacial score (nSPS) is 18.0. The molecule has 1 N–H and O–H groups in total. The first kappa shape index (κ1) is 23.6. The van der Waals surface area contributed by atoms with Gasteiger partial charge in [0, 0.05) is 21.5 Å². The molecule has 0 radical (unpaired) electrons. The molecule has 1 heterocycles. The summed E-state index contributed by atoms with van der Waals surface area (Å²) in [4.78, 5) is 8.22. The van der Waals surface area contributed by atoms with Gasteiger partial charge in [0.15, 0.2) is 0 Å². The van der Waals surface area contributed by atoms with E-state index >= 15 is 0 Å². The van der Waals surface area contributed by atoms with Crippen LogP contribution in [0.5, 0.6) is 5.75 Å². The Morgan fingerprint density at radius 3 is 2.66 bits per heavy atom. The number of carbonyl (C=O) groups is 1. The van der Waals surface area contributed by atoms with Crippen molar-refractivity contribution in [3.05, 3.63) is 41.0 Å². The molecule has 29 heavy (non-hydrogen) atoms. The lowest BCUT2D eigenvalue weighted by atomic mass is 9.93. The fourth-order valence-electron chi connectivity index (χ4n) is 3.29. The second-order valence-corrected chi connectivity index (χ2v) is 9.03. The fraction of sp³-hybridized carbons (Fsp3) is 0.522. The van der Waals surface area contributed by atoms with E-state index in [4.69, 9.17) is 4.74 Å². The van der Waals surface area contributed by atoms with Crippen molar-refractivity contribution >= 4 is 33.6 Å². The maximum absolute atomic E-state index is 13.4. The molecule has 160 valence electrons. The third-order valence-electron chi connectivity index (χ3n) is 4.92. The van der Waals surface area contributed by atoms with Gasteiger partial charge in [0.25, 0.3) is 0 Å². The molecule has 0 saturated carbocycles. The molecule has 0 spiro atoms. The first-order valence-electron chi connectivity index (χ1n) is 10.1. The lowest BCUT2D eigenvalue weighted by Crippen LogP contribution is -2.33. The molecule has 0 aromatic heterocycles. The second kappa shape index (κ2) is 9.88. The molecule has 0 aliphatic carbocycles. The van der Waals surface area contributed by atoms with E-state index in [1.165, 1.54) is 5.57 Å². The molecule has 1 aliphatic rings. The molecule has 1 aromatic rings. The van der Waals surface area contributed by atoms with E-state index in [9.17, 15) is 13.6 Å². The van der Waals surface area contributed by atoms with Crippen LogP contribution < -0.4 is 10.1 Å². The van der Waals surface area contributed by atoms with E-state index in [1.54, 1.807) is 6.07 Å². The third-order valence-corrected chi connectivity index (χ3v) is 5.28. The Bertz CT molecular complexity index is 795. The van der Waals surface area contributed by atoms with Gasteiger partial charge in [-0.1, -0.05) is 31.4 Å². The summed E-state index contributed by atoms with van der Waals surface area (Å²) in [6.45, 7) is 8.26. The number of alkyl halides is 3. The summed E-state index contributed by atoms with van der Waals surface area (Å²) in [5, 5.41) is 2.35. The van der Waals surface area contributed by atoms with Gasteiger partial charge in [-0.05, 0) is 76.3 Å². The van der Waals surface area contributed by atoms with Crippen molar-refractivity contribution in [3.8, 4) is 5.75 Å². The zero-order valence-electron chi connectivity index (χ0n) is 17.6. The molecule has 1 unspecified atom stereocenters. The Labute approximate surface area is 180 Å². The molecule has 0 bridgehead atoms. The number of hydrogen-bond acceptors (Lipinski definition) is 2. The molecule has 1 aromatic carbocycles. The average Bonchev–Trinajstić information content (AvgIpc) is 2.60. The molecule has 6 heteroatoms. The van der Waals surface area contributed by atoms with Crippen molar-refractivity contribution in [2.24, 2.45) is 0 Å². The third kappa shape index (κ3) is 6.95. The van der Waals surface area contributed by atoms with Gasteiger partial charge < -0.3 is 10.1 Å². The zero-order chi connectivity index (χ0) is 21.7. The topological polar surface area (TPSA) is 38.3 Å². The number of fused-ring (bicyclic) bond motifs is 1. The minimum Gasteiger partial charge on any atom is -0.483 e. The molecule has 1 aliphatic heterocycles. The first-order valence-corrected chi connectivity index (χ1v) is 10.9. The van der Waals surface area contributed by atoms with Gasteiger partial charge in [-0.15, -0.1) is 0 Å². The summed E-state index contributed by atoms with van der Waals surface area (Å²) in [6, 6.07) is 3.74. The number of hydrogen-bond donors (Lipinski definition) is 1. The van der Waals surface area contributed by atoms with Gasteiger partial charge >= 0.3 is 10.7 Å². The highest BCUT2D eigenvalue weighted by molar-refractivity contribution is 9.10. The van der Waals surface area contributed by atoms with Crippen molar-refractivity contribution in [1.29, 1.82) is 0 Å². The maximum atomic E-state index is 13.4. The highest BCUT2D eigenvalue weighted by atomic mass is 79.9. The fourth-order valence-corrected chi connectivity index (χ4v) is 3.39. The van der Waals surface area contributed by atoms with Crippen LogP contribution >= 0.6 is 15.9 Å². The summed E-state index contributed by atoms with van der Waals surface area (Å²) in [5.74, 6) is -0.773. The SMILES string of the molecule is CCCCCc1cc(NC(=O)C(F)(F)Br)c2c(c1)OC(C)(CCC=C(C)C)C=C2. The summed E-state index contributed by atoms with van der Waals surface area (Å²) in [5.41, 5.74) is 2.71. The number of aryl methyl sites for hydroxylation is 1. The molecular weight excluding hydrogens is 440 g/mol. The zero-order valence-corrected chi connectivity index (χ0v) is 19.2. The van der Waals surface area contributed by atoms with Crippen molar-refractivity contribution in [2.45, 2.75) is 76.7 Å². The first-order chi connectivity index (χ1) is 13.5. The van der Waals surface area contributed by atoms with Crippen LogP contribution in [0.1, 0.15) is 70.9 Å². The van der Waals surface area contributed by atoms with Crippen molar-refractivity contribution in [2.75, 3.05) is 5.32 Å². The van der Waals surface area contributed by atoms with Gasteiger partial charge in [0.05, 0.1) is 5.69 Å². The Hall–Kier alpha value is -1.69. The summed E-state index contributed by atoms with van der Waals surface area (Å²) in [6.07, 6.45) is 11.6. The van der Waals surface area contributed by atoms with Crippen LogP contribution in [0.4, 0.5) is 14.5 Å². The number of anilines is 1. The monoisotopic (exact) mass is 469 g/mol. The molecular formula is C23H30BrF2NO2. The van der Waals surface area contributed by atoms with Crippen molar-refractivity contribution in [1.82, 2.24) is 0 Å². The smallest absolute Gasteiger partial charge is 0.378 e. The van der Waals surface area contributed by atoms with Crippen LogP contribution in [0.25, 0.3) is 6.08 Å². The van der Waals surface area contributed by atoms with E-state index in [0.29, 0.717) is 17.0 Å². The molecule has 3 nitrogen and oxygen atoms in total. The highest BCUT2D eigenvalue weighted by Gasteiger charge is 2.36. The summed E-state index contributed by atoms with van der Waals surface area (Å²) >= 11 is 2.13. The highest BCUT2D eigenvalue weighted by Crippen LogP contribution is 2.39. The van der Waals surface area contributed by atoms with Crippen LogP contribution in [-0.4, -0.2) is 16.3 Å². The van der Waals surface area contributed by atoms with Gasteiger partial charge in [-0.25, -0.2) is 0 Å². The summed E-state index contributed by atoms with van der Waals surface area (Å²) in [7, 11) is 0. The number of unbranched alkanes of at least 4 members (excludes halogenated alkanes) is 2. The molecule has 0 fully saturated rings. The van der Waals surface area contributed by atoms with Crippen LogP contribution in [0.2, 0.25) is 0 Å². The van der Waals surface area contributed by atoms with Gasteiger partial charge in [-0.2, -0.15) is 8.78 Å². The number of carbonyl (C=O) groups excluding carboxylic acids is 1. The van der Waals surface area contributed by atoms with E-state index in [0.717, 1.165) is 44.1 Å². The van der Waals surface area contributed by atoms with E-state index < -0.39 is 16.3 Å². The Balaban J connectivity index is 2.33. The van der Waals surface area contributed by atoms with E-state index in [1.807, 2.05) is 25.1 Å². The largest absolute Gasteiger partial charge is 0.483 e. The molecule has 1 atom stereocenters. The maximum Gasteiger partial charge on any atom is 0.378 e. The number of halogens is 3. The van der Waals surface area contributed by atoms with Crippen molar-refractivity contribution < 1.29 is 18.3 Å². The molecule has 2 rings (SSSR count). The second-order valence-electron chi connectivity index (χ2n) is 8.03. The number of nitrogens with one attached hydrogen (secondary N) is 1. The standard InChI is InChI=1S/C23H30BrF2NO2/c1-5-6-7-10-17-14-19(27-21(28)23(24,25)26)18-11-13-22(4,29-20(18)15-17)12-8-9-16(2)3/h9,11,13-15H,5-8,10,12H2,1-4H3,(H,27,28). The van der Waals surface area contributed by atoms with E-state index in [-0.39, 0.29) is 0 Å². The van der Waals surface area contributed by atoms with Gasteiger partial charge in [0.1, 0.15) is 11.4 Å². The Morgan fingerprint density at radius 1 is 1.31 bits per heavy atom. The van der Waals surface area contributed by atoms with E-state index in [2.05, 4.69) is 48.1 Å². The predicted molar refractivity (Wildman–Crippen MR) is 119 cm³/mol. The lowest BCUT2D eigenvalue weighted by Gasteiger charge is -2.33.